The number of amides is 1. The number of nitrogens with one attached hydrogen (secondary N) is 1. The number of aromatic nitrogens is 2. The standard InChI is InChI=1S/C14H19N3OS2/c1-8(2)11-7-20-14(16-11)17-12(18)5-10-6-19-13(15-10)9(3)4/h6-9H,5H2,1-4H3,(H,16,17,18). The fourth-order valence-corrected chi connectivity index (χ4v) is 3.33. The molecule has 0 aliphatic rings. The number of thiazole rings is 2. The molecule has 6 heteroatoms. The summed E-state index contributed by atoms with van der Waals surface area (Å²) in [5.41, 5.74) is 1.85. The van der Waals surface area contributed by atoms with Crippen LogP contribution >= 0.6 is 22.7 Å². The Morgan fingerprint density at radius 1 is 1.15 bits per heavy atom. The van der Waals surface area contributed by atoms with E-state index in [1.807, 2.05) is 10.8 Å². The highest BCUT2D eigenvalue weighted by Crippen LogP contribution is 2.22. The summed E-state index contributed by atoms with van der Waals surface area (Å²) in [5, 5.41) is 8.52. The molecule has 0 radical (unpaired) electrons. The van der Waals surface area contributed by atoms with E-state index >= 15 is 0 Å². The molecule has 2 rings (SSSR count). The lowest BCUT2D eigenvalue weighted by molar-refractivity contribution is -0.115. The van der Waals surface area contributed by atoms with Crippen molar-refractivity contribution in [2.75, 3.05) is 5.32 Å². The molecule has 2 heterocycles. The second-order valence-corrected chi connectivity index (χ2v) is 7.04. The Hall–Kier alpha value is -1.27. The molecular formula is C14H19N3OS2. The second kappa shape index (κ2) is 6.45. The maximum Gasteiger partial charge on any atom is 0.232 e. The van der Waals surface area contributed by atoms with Crippen molar-refractivity contribution in [2.24, 2.45) is 0 Å². The number of carbonyl (C=O) groups is 1. The Morgan fingerprint density at radius 2 is 1.90 bits per heavy atom. The first-order valence-corrected chi connectivity index (χ1v) is 8.41. The fraction of sp³-hybridized carbons (Fsp3) is 0.500. The Bertz CT molecular complexity index is 537. The maximum absolute atomic E-state index is 12.0. The van der Waals surface area contributed by atoms with Gasteiger partial charge in [0.2, 0.25) is 5.91 Å². The Labute approximate surface area is 127 Å². The molecule has 108 valence electrons. The van der Waals surface area contributed by atoms with Crippen LogP contribution in [0.4, 0.5) is 5.13 Å². The van der Waals surface area contributed by atoms with Gasteiger partial charge in [0, 0.05) is 16.7 Å². The van der Waals surface area contributed by atoms with Gasteiger partial charge in [-0.3, -0.25) is 4.79 Å². The zero-order valence-corrected chi connectivity index (χ0v) is 13.8. The molecular weight excluding hydrogens is 290 g/mol. The van der Waals surface area contributed by atoms with Gasteiger partial charge in [0.05, 0.1) is 22.8 Å². The zero-order chi connectivity index (χ0) is 14.7. The van der Waals surface area contributed by atoms with E-state index in [4.69, 9.17) is 0 Å². The molecule has 0 fully saturated rings. The van der Waals surface area contributed by atoms with Crippen molar-refractivity contribution in [1.29, 1.82) is 0 Å². The molecule has 0 spiro atoms. The molecule has 0 atom stereocenters. The first kappa shape index (κ1) is 15.1. The number of anilines is 1. The minimum Gasteiger partial charge on any atom is -0.302 e. The first-order valence-electron chi connectivity index (χ1n) is 6.65. The van der Waals surface area contributed by atoms with Gasteiger partial charge in [-0.1, -0.05) is 27.7 Å². The smallest absolute Gasteiger partial charge is 0.232 e. The number of carbonyl (C=O) groups excluding carboxylic acids is 1. The highest BCUT2D eigenvalue weighted by atomic mass is 32.1. The van der Waals surface area contributed by atoms with E-state index in [2.05, 4.69) is 43.0 Å². The summed E-state index contributed by atoms with van der Waals surface area (Å²) < 4.78 is 0. The van der Waals surface area contributed by atoms with Gasteiger partial charge in [0.15, 0.2) is 5.13 Å². The first-order chi connectivity index (χ1) is 9.45. The Kier molecular flexibility index (Phi) is 4.88. The minimum absolute atomic E-state index is 0.0599. The molecule has 0 unspecified atom stereocenters. The zero-order valence-electron chi connectivity index (χ0n) is 12.1. The van der Waals surface area contributed by atoms with E-state index in [-0.39, 0.29) is 5.91 Å². The van der Waals surface area contributed by atoms with Crippen LogP contribution in [0.25, 0.3) is 0 Å². The average Bonchev–Trinajstić information content (AvgIpc) is 2.98. The molecule has 20 heavy (non-hydrogen) atoms. The van der Waals surface area contributed by atoms with Crippen molar-refractivity contribution < 1.29 is 4.79 Å². The predicted octanol–water partition coefficient (Wildman–Crippen LogP) is 4.03. The monoisotopic (exact) mass is 309 g/mol. The van der Waals surface area contributed by atoms with Crippen molar-refractivity contribution in [3.8, 4) is 0 Å². The summed E-state index contributed by atoms with van der Waals surface area (Å²) in [5.74, 6) is 0.726. The lowest BCUT2D eigenvalue weighted by Gasteiger charge is -2.00. The fourth-order valence-electron chi connectivity index (χ4n) is 1.61. The third-order valence-electron chi connectivity index (χ3n) is 2.76. The summed E-state index contributed by atoms with van der Waals surface area (Å²) in [7, 11) is 0. The number of hydrogen-bond acceptors (Lipinski definition) is 5. The highest BCUT2D eigenvalue weighted by Gasteiger charge is 2.12. The van der Waals surface area contributed by atoms with E-state index in [0.717, 1.165) is 16.4 Å². The van der Waals surface area contributed by atoms with E-state index in [0.29, 0.717) is 23.4 Å². The van der Waals surface area contributed by atoms with Gasteiger partial charge in [0.25, 0.3) is 0 Å². The molecule has 0 saturated heterocycles. The van der Waals surface area contributed by atoms with E-state index in [1.54, 1.807) is 11.3 Å². The van der Waals surface area contributed by atoms with Gasteiger partial charge in [-0.2, -0.15) is 0 Å². The normalized spacial score (nSPS) is 11.3. The Balaban J connectivity index is 1.94. The molecule has 2 aromatic heterocycles. The molecule has 0 saturated carbocycles. The van der Waals surface area contributed by atoms with Crippen LogP contribution in [0.15, 0.2) is 10.8 Å². The van der Waals surface area contributed by atoms with Gasteiger partial charge in [-0.15, -0.1) is 22.7 Å². The second-order valence-electron chi connectivity index (χ2n) is 5.29. The molecule has 4 nitrogen and oxygen atoms in total. The van der Waals surface area contributed by atoms with Gasteiger partial charge in [-0.05, 0) is 5.92 Å². The van der Waals surface area contributed by atoms with E-state index in [1.165, 1.54) is 11.3 Å². The van der Waals surface area contributed by atoms with Crippen molar-refractivity contribution in [1.82, 2.24) is 9.97 Å². The number of rotatable bonds is 5. The summed E-state index contributed by atoms with van der Waals surface area (Å²) in [6.45, 7) is 8.38. The van der Waals surface area contributed by atoms with Crippen LogP contribution in [0.1, 0.15) is 55.9 Å². The summed E-state index contributed by atoms with van der Waals surface area (Å²) in [6.07, 6.45) is 0.305. The van der Waals surface area contributed by atoms with E-state index in [9.17, 15) is 4.79 Å². The lowest BCUT2D eigenvalue weighted by atomic mass is 10.2. The van der Waals surface area contributed by atoms with Crippen LogP contribution in [-0.4, -0.2) is 15.9 Å². The quantitative estimate of drug-likeness (QED) is 0.907. The van der Waals surface area contributed by atoms with Gasteiger partial charge in [0.1, 0.15) is 0 Å². The SMILES string of the molecule is CC(C)c1csc(NC(=O)Cc2csc(C(C)C)n2)n1. The largest absolute Gasteiger partial charge is 0.302 e. The van der Waals surface area contributed by atoms with E-state index < -0.39 is 0 Å². The van der Waals surface area contributed by atoms with Crippen molar-refractivity contribution in [3.05, 3.63) is 27.2 Å². The van der Waals surface area contributed by atoms with Crippen LogP contribution < -0.4 is 5.32 Å². The predicted molar refractivity (Wildman–Crippen MR) is 84.7 cm³/mol. The van der Waals surface area contributed by atoms with Crippen LogP contribution in [0, 0.1) is 0 Å². The van der Waals surface area contributed by atoms with Crippen LogP contribution in [0.3, 0.4) is 0 Å². The van der Waals surface area contributed by atoms with Crippen molar-refractivity contribution in [2.45, 2.75) is 46.0 Å². The summed E-state index contributed by atoms with van der Waals surface area (Å²) >= 11 is 3.08. The molecule has 0 aliphatic carbocycles. The number of hydrogen-bond donors (Lipinski definition) is 1. The third kappa shape index (κ3) is 3.86. The minimum atomic E-state index is -0.0599. The molecule has 2 aromatic rings. The van der Waals surface area contributed by atoms with Gasteiger partial charge >= 0.3 is 0 Å². The molecule has 1 N–H and O–H groups in total. The molecule has 1 amide bonds. The topological polar surface area (TPSA) is 54.9 Å². The number of nitrogens with zero attached hydrogens (tertiary/aromatic N) is 2. The maximum atomic E-state index is 12.0. The summed E-state index contributed by atoms with van der Waals surface area (Å²) in [4.78, 5) is 20.8. The lowest BCUT2D eigenvalue weighted by Crippen LogP contribution is -2.14. The van der Waals surface area contributed by atoms with Crippen molar-refractivity contribution >= 4 is 33.7 Å². The molecule has 0 aliphatic heterocycles. The molecule has 0 aromatic carbocycles. The van der Waals surface area contributed by atoms with Crippen LogP contribution in [0.5, 0.6) is 0 Å². The highest BCUT2D eigenvalue weighted by molar-refractivity contribution is 7.14. The third-order valence-corrected chi connectivity index (χ3v) is 4.73. The van der Waals surface area contributed by atoms with Gasteiger partial charge in [-0.25, -0.2) is 9.97 Å². The van der Waals surface area contributed by atoms with Gasteiger partial charge < -0.3 is 5.32 Å². The van der Waals surface area contributed by atoms with Crippen LogP contribution in [-0.2, 0) is 11.2 Å². The molecule has 0 bridgehead atoms. The van der Waals surface area contributed by atoms with Crippen molar-refractivity contribution in [3.63, 3.8) is 0 Å². The van der Waals surface area contributed by atoms with Crippen LogP contribution in [0.2, 0.25) is 0 Å². The Morgan fingerprint density at radius 3 is 2.45 bits per heavy atom. The summed E-state index contributed by atoms with van der Waals surface area (Å²) in [6, 6.07) is 0. The average molecular weight is 309 g/mol.